The highest BCUT2D eigenvalue weighted by atomic mass is 16.6. The molecule has 0 atom stereocenters. The predicted molar refractivity (Wildman–Crippen MR) is 25.3 cm³/mol. The van der Waals surface area contributed by atoms with Crippen molar-refractivity contribution in [2.24, 2.45) is 0 Å². The molecule has 0 unspecified atom stereocenters. The van der Waals surface area contributed by atoms with Crippen LogP contribution in [-0.4, -0.2) is 35.3 Å². The fraction of sp³-hybridized carbons (Fsp3) is 0.500. The summed E-state index contributed by atoms with van der Waals surface area (Å²) in [6, 6.07) is 0. The van der Waals surface area contributed by atoms with Gasteiger partial charge in [-0.1, -0.05) is 0 Å². The zero-order valence-corrected chi connectivity index (χ0v) is 4.53. The fourth-order valence-electron chi connectivity index (χ4n) is 0.522. The van der Waals surface area contributed by atoms with E-state index in [4.69, 9.17) is 5.11 Å². The number of hydrogen-bond acceptors (Lipinski definition) is 4. The number of carbonyl (C=O) groups is 2. The van der Waals surface area contributed by atoms with Gasteiger partial charge in [0, 0.05) is 0 Å². The molecule has 1 aliphatic rings. The maximum absolute atomic E-state index is 10.3. The molecule has 0 aromatic carbocycles. The van der Waals surface area contributed by atoms with E-state index >= 15 is 0 Å². The normalized spacial score (nSPS) is 18.6. The average Bonchev–Trinajstić information content (AvgIpc) is 2.10. The van der Waals surface area contributed by atoms with Crippen LogP contribution in [0.4, 0.5) is 4.79 Å². The van der Waals surface area contributed by atoms with Crippen LogP contribution in [0.1, 0.15) is 0 Å². The molecule has 5 heteroatoms. The van der Waals surface area contributed by atoms with E-state index in [1.165, 1.54) is 0 Å². The molecule has 0 bridgehead atoms. The number of cyclic esters (lactones) is 2. The Morgan fingerprint density at radius 3 is 2.56 bits per heavy atom. The minimum Gasteiger partial charge on any atom is -0.376 e. The molecule has 0 aromatic heterocycles. The highest BCUT2D eigenvalue weighted by Crippen LogP contribution is 2.01. The summed E-state index contributed by atoms with van der Waals surface area (Å²) in [5.41, 5.74) is 0. The maximum Gasteiger partial charge on any atom is 0.419 e. The van der Waals surface area contributed by atoms with Gasteiger partial charge in [0.25, 0.3) is 0 Å². The minimum absolute atomic E-state index is 0.144. The number of amides is 1. The van der Waals surface area contributed by atoms with Gasteiger partial charge in [0.1, 0.15) is 13.3 Å². The summed E-state index contributed by atoms with van der Waals surface area (Å²) in [6.45, 7) is -0.611. The lowest BCUT2D eigenvalue weighted by Gasteiger charge is -2.03. The van der Waals surface area contributed by atoms with Gasteiger partial charge in [-0.15, -0.1) is 0 Å². The van der Waals surface area contributed by atoms with Gasteiger partial charge >= 0.3 is 12.1 Å². The first-order chi connectivity index (χ1) is 4.24. The van der Waals surface area contributed by atoms with Crippen LogP contribution < -0.4 is 0 Å². The van der Waals surface area contributed by atoms with Gasteiger partial charge in [0.2, 0.25) is 0 Å². The third-order valence-electron chi connectivity index (χ3n) is 0.950. The van der Waals surface area contributed by atoms with Crippen LogP contribution in [-0.2, 0) is 9.53 Å². The summed E-state index contributed by atoms with van der Waals surface area (Å²) in [5, 5.41) is 8.33. The summed E-state index contributed by atoms with van der Waals surface area (Å²) < 4.78 is 4.05. The van der Waals surface area contributed by atoms with Crippen LogP contribution in [0.2, 0.25) is 0 Å². The van der Waals surface area contributed by atoms with Gasteiger partial charge in [-0.3, -0.25) is 4.90 Å². The van der Waals surface area contributed by atoms with Crippen molar-refractivity contribution in [3.63, 3.8) is 0 Å². The van der Waals surface area contributed by atoms with E-state index in [9.17, 15) is 9.59 Å². The number of nitrogens with zero attached hydrogens (tertiary/aromatic N) is 1. The van der Waals surface area contributed by atoms with Gasteiger partial charge in [-0.25, -0.2) is 9.59 Å². The number of esters is 1. The number of aliphatic hydroxyl groups is 1. The molecular weight excluding hydrogens is 126 g/mol. The number of rotatable bonds is 1. The largest absolute Gasteiger partial charge is 0.419 e. The Morgan fingerprint density at radius 1 is 1.67 bits per heavy atom. The van der Waals surface area contributed by atoms with Crippen LogP contribution in [0.5, 0.6) is 0 Å². The summed E-state index contributed by atoms with van der Waals surface area (Å²) in [5.74, 6) is -0.617. The highest BCUT2D eigenvalue weighted by Gasteiger charge is 2.28. The monoisotopic (exact) mass is 131 g/mol. The number of ether oxygens (including phenoxy) is 1. The molecule has 1 aliphatic heterocycles. The molecule has 0 aromatic rings. The third-order valence-corrected chi connectivity index (χ3v) is 0.950. The second-order valence-electron chi connectivity index (χ2n) is 1.58. The Bertz CT molecular complexity index is 155. The zero-order chi connectivity index (χ0) is 6.85. The Balaban J connectivity index is 2.58. The van der Waals surface area contributed by atoms with Crippen LogP contribution in [0.15, 0.2) is 0 Å². The van der Waals surface area contributed by atoms with Crippen molar-refractivity contribution in [1.82, 2.24) is 4.90 Å². The number of hydrogen-bond donors (Lipinski definition) is 1. The van der Waals surface area contributed by atoms with E-state index < -0.39 is 18.8 Å². The molecule has 1 saturated heterocycles. The second kappa shape index (κ2) is 2.02. The van der Waals surface area contributed by atoms with E-state index in [0.717, 1.165) is 4.90 Å². The van der Waals surface area contributed by atoms with Gasteiger partial charge in [-0.2, -0.15) is 0 Å². The lowest BCUT2D eigenvalue weighted by Crippen LogP contribution is -2.25. The van der Waals surface area contributed by atoms with E-state index in [2.05, 4.69) is 4.74 Å². The summed E-state index contributed by atoms with van der Waals surface area (Å²) in [6.07, 6.45) is -0.775. The van der Waals surface area contributed by atoms with E-state index in [1.54, 1.807) is 0 Å². The molecule has 0 saturated carbocycles. The standard InChI is InChI=1S/C4H5NO4/c6-2-5-1-3(7)9-4(5)8/h6H,1-2H2. The lowest BCUT2D eigenvalue weighted by atomic mass is 10.6. The molecule has 1 fully saturated rings. The number of aliphatic hydroxyl groups excluding tert-OH is 1. The molecule has 0 spiro atoms. The van der Waals surface area contributed by atoms with Crippen LogP contribution in [0.25, 0.3) is 0 Å². The zero-order valence-electron chi connectivity index (χ0n) is 4.53. The second-order valence-corrected chi connectivity index (χ2v) is 1.58. The molecule has 0 aliphatic carbocycles. The van der Waals surface area contributed by atoms with Crippen LogP contribution >= 0.6 is 0 Å². The van der Waals surface area contributed by atoms with Crippen molar-refractivity contribution in [2.45, 2.75) is 0 Å². The smallest absolute Gasteiger partial charge is 0.376 e. The minimum atomic E-state index is -0.775. The molecule has 1 amide bonds. The molecule has 5 nitrogen and oxygen atoms in total. The SMILES string of the molecule is O=C1CN(CO)C(=O)O1. The van der Waals surface area contributed by atoms with Crippen LogP contribution in [0, 0.1) is 0 Å². The van der Waals surface area contributed by atoms with Gasteiger partial charge in [0.05, 0.1) is 0 Å². The predicted octanol–water partition coefficient (Wildman–Crippen LogP) is -1.08. The topological polar surface area (TPSA) is 66.8 Å². The quantitative estimate of drug-likeness (QED) is 0.363. The summed E-state index contributed by atoms with van der Waals surface area (Å²) in [4.78, 5) is 21.5. The first-order valence-corrected chi connectivity index (χ1v) is 2.34. The summed E-state index contributed by atoms with van der Waals surface area (Å²) in [7, 11) is 0. The van der Waals surface area contributed by atoms with Crippen molar-refractivity contribution in [3.8, 4) is 0 Å². The molecule has 1 N–H and O–H groups in total. The molecule has 0 radical (unpaired) electrons. The maximum atomic E-state index is 10.3. The Kier molecular flexibility index (Phi) is 1.35. The van der Waals surface area contributed by atoms with Crippen molar-refractivity contribution in [3.05, 3.63) is 0 Å². The van der Waals surface area contributed by atoms with Gasteiger partial charge in [-0.05, 0) is 0 Å². The highest BCUT2D eigenvalue weighted by molar-refractivity contribution is 5.92. The molecule has 50 valence electrons. The van der Waals surface area contributed by atoms with E-state index in [1.807, 2.05) is 0 Å². The first-order valence-electron chi connectivity index (χ1n) is 2.34. The third kappa shape index (κ3) is 0.996. The lowest BCUT2D eigenvalue weighted by molar-refractivity contribution is -0.133. The molecule has 9 heavy (non-hydrogen) atoms. The van der Waals surface area contributed by atoms with Crippen molar-refractivity contribution >= 4 is 12.1 Å². The Morgan fingerprint density at radius 2 is 2.33 bits per heavy atom. The summed E-state index contributed by atoms with van der Waals surface area (Å²) >= 11 is 0. The van der Waals surface area contributed by atoms with Crippen molar-refractivity contribution < 1.29 is 19.4 Å². The molecule has 1 rings (SSSR count). The fourth-order valence-corrected chi connectivity index (χ4v) is 0.522. The van der Waals surface area contributed by atoms with Gasteiger partial charge in [0.15, 0.2) is 0 Å². The van der Waals surface area contributed by atoms with Crippen LogP contribution in [0.3, 0.4) is 0 Å². The van der Waals surface area contributed by atoms with E-state index in [0.29, 0.717) is 0 Å². The number of carbonyl (C=O) groups excluding carboxylic acids is 2. The Hall–Kier alpha value is -1.10. The van der Waals surface area contributed by atoms with Gasteiger partial charge < -0.3 is 9.84 Å². The Labute approximate surface area is 50.8 Å². The molecule has 1 heterocycles. The molecular formula is C4H5NO4. The van der Waals surface area contributed by atoms with E-state index in [-0.39, 0.29) is 6.54 Å². The van der Waals surface area contributed by atoms with Crippen molar-refractivity contribution in [1.29, 1.82) is 0 Å². The average molecular weight is 131 g/mol. The first kappa shape index (κ1) is 6.03. The van der Waals surface area contributed by atoms with Crippen molar-refractivity contribution in [2.75, 3.05) is 13.3 Å².